The Labute approximate surface area is 95.6 Å². The maximum atomic E-state index is 11.4. The molecule has 0 aliphatic heterocycles. The molecule has 6 nitrogen and oxygen atoms in total. The molecule has 0 heterocycles. The molecule has 0 saturated carbocycles. The number of hydrogen-bond donors (Lipinski definition) is 4. The highest BCUT2D eigenvalue weighted by Crippen LogP contribution is 2.19. The zero-order chi connectivity index (χ0) is 12.8. The molecule has 1 unspecified atom stereocenters. The molecule has 0 aromatic heterocycles. The van der Waals surface area contributed by atoms with Gasteiger partial charge in [-0.25, -0.2) is 9.59 Å². The summed E-state index contributed by atoms with van der Waals surface area (Å²) in [6.07, 6.45) is 0.667. The van der Waals surface area contributed by atoms with Crippen molar-refractivity contribution in [3.63, 3.8) is 0 Å². The van der Waals surface area contributed by atoms with Gasteiger partial charge in [-0.2, -0.15) is 0 Å². The van der Waals surface area contributed by atoms with E-state index in [0.29, 0.717) is 19.5 Å². The minimum Gasteiger partial charge on any atom is -0.480 e. The first-order valence-corrected chi connectivity index (χ1v) is 5.26. The van der Waals surface area contributed by atoms with E-state index in [1.807, 2.05) is 0 Å². The molecule has 2 amide bonds. The number of carbonyl (C=O) groups is 2. The quantitative estimate of drug-likeness (QED) is 0.505. The number of nitrogens with one attached hydrogen (secondary N) is 2. The topological polar surface area (TPSA) is 104 Å². The van der Waals surface area contributed by atoms with Crippen LogP contribution in [0.1, 0.15) is 27.2 Å². The fourth-order valence-corrected chi connectivity index (χ4v) is 1.13. The second-order valence-corrected chi connectivity index (χ2v) is 4.68. The largest absolute Gasteiger partial charge is 0.480 e. The van der Waals surface area contributed by atoms with E-state index in [4.69, 9.17) is 10.8 Å². The predicted octanol–water partition coefficient (Wildman–Crippen LogP) is 0.134. The summed E-state index contributed by atoms with van der Waals surface area (Å²) in [5, 5.41) is 13.9. The molecule has 0 aliphatic rings. The highest BCUT2D eigenvalue weighted by molar-refractivity contribution is 5.83. The fraction of sp³-hybridized carbons (Fsp3) is 0.800. The van der Waals surface area contributed by atoms with Gasteiger partial charge in [0.05, 0.1) is 0 Å². The summed E-state index contributed by atoms with van der Waals surface area (Å²) in [5.41, 5.74) is 4.74. The molecule has 6 heteroatoms. The van der Waals surface area contributed by atoms with Crippen LogP contribution in [0.3, 0.4) is 0 Å². The molecule has 0 aromatic rings. The van der Waals surface area contributed by atoms with E-state index >= 15 is 0 Å². The van der Waals surface area contributed by atoms with E-state index in [-0.39, 0.29) is 0 Å². The third-order valence-electron chi connectivity index (χ3n) is 2.05. The van der Waals surface area contributed by atoms with Crippen LogP contribution in [-0.2, 0) is 4.79 Å². The van der Waals surface area contributed by atoms with Crippen LogP contribution < -0.4 is 16.4 Å². The first-order chi connectivity index (χ1) is 7.29. The summed E-state index contributed by atoms with van der Waals surface area (Å²) < 4.78 is 0. The summed E-state index contributed by atoms with van der Waals surface area (Å²) in [6.45, 7) is 6.20. The van der Waals surface area contributed by atoms with E-state index in [0.717, 1.165) is 0 Å². The second kappa shape index (κ2) is 6.32. The van der Waals surface area contributed by atoms with Crippen molar-refractivity contribution in [1.82, 2.24) is 10.6 Å². The summed E-state index contributed by atoms with van der Waals surface area (Å²) in [4.78, 5) is 22.3. The van der Waals surface area contributed by atoms with Crippen molar-refractivity contribution < 1.29 is 14.7 Å². The Morgan fingerprint density at radius 3 is 2.31 bits per heavy atom. The van der Waals surface area contributed by atoms with Gasteiger partial charge in [-0.3, -0.25) is 0 Å². The zero-order valence-electron chi connectivity index (χ0n) is 10.0. The summed E-state index contributed by atoms with van der Waals surface area (Å²) >= 11 is 0. The highest BCUT2D eigenvalue weighted by atomic mass is 16.4. The van der Waals surface area contributed by atoms with Gasteiger partial charge in [-0.05, 0) is 18.4 Å². The van der Waals surface area contributed by atoms with Crippen molar-refractivity contribution in [2.24, 2.45) is 11.1 Å². The first kappa shape index (κ1) is 14.7. The van der Waals surface area contributed by atoms with Gasteiger partial charge in [-0.1, -0.05) is 20.8 Å². The zero-order valence-corrected chi connectivity index (χ0v) is 10.0. The molecule has 0 fully saturated rings. The molecule has 0 aliphatic carbocycles. The maximum Gasteiger partial charge on any atom is 0.326 e. The van der Waals surface area contributed by atoms with Crippen molar-refractivity contribution in [3.8, 4) is 0 Å². The van der Waals surface area contributed by atoms with Crippen molar-refractivity contribution in [3.05, 3.63) is 0 Å². The van der Waals surface area contributed by atoms with E-state index < -0.39 is 23.5 Å². The number of rotatable bonds is 5. The molecule has 0 aromatic carbocycles. The van der Waals surface area contributed by atoms with Gasteiger partial charge in [-0.15, -0.1) is 0 Å². The third kappa shape index (κ3) is 5.55. The van der Waals surface area contributed by atoms with E-state index in [9.17, 15) is 9.59 Å². The van der Waals surface area contributed by atoms with Crippen molar-refractivity contribution >= 4 is 12.0 Å². The lowest BCUT2D eigenvalue weighted by molar-refractivity contribution is -0.141. The van der Waals surface area contributed by atoms with Crippen LogP contribution in [-0.4, -0.2) is 36.2 Å². The molecule has 0 rings (SSSR count). The number of amides is 2. The Morgan fingerprint density at radius 1 is 1.38 bits per heavy atom. The Morgan fingerprint density at radius 2 is 1.94 bits per heavy atom. The monoisotopic (exact) mass is 231 g/mol. The predicted molar refractivity (Wildman–Crippen MR) is 61.1 cm³/mol. The molecule has 0 spiro atoms. The van der Waals surface area contributed by atoms with Crippen LogP contribution in [0.25, 0.3) is 0 Å². The maximum absolute atomic E-state index is 11.4. The van der Waals surface area contributed by atoms with Crippen molar-refractivity contribution in [2.45, 2.75) is 33.2 Å². The molecule has 5 N–H and O–H groups in total. The van der Waals surface area contributed by atoms with E-state index in [1.165, 1.54) is 0 Å². The lowest BCUT2D eigenvalue weighted by Gasteiger charge is -2.27. The lowest BCUT2D eigenvalue weighted by atomic mass is 9.87. The number of carboxylic acids is 1. The number of hydrogen-bond acceptors (Lipinski definition) is 3. The standard InChI is InChI=1S/C10H21N3O3/c1-10(2,3)7(8(14)15)13-9(16)12-6-4-5-11/h7H,4-6,11H2,1-3H3,(H,14,15)(H2,12,13,16). The minimum atomic E-state index is -1.04. The Kier molecular flexibility index (Phi) is 5.81. The Bertz CT molecular complexity index is 248. The van der Waals surface area contributed by atoms with Gasteiger partial charge in [0, 0.05) is 6.54 Å². The molecule has 0 bridgehead atoms. The van der Waals surface area contributed by atoms with E-state index in [1.54, 1.807) is 20.8 Å². The average Bonchev–Trinajstić information content (AvgIpc) is 2.12. The fourth-order valence-electron chi connectivity index (χ4n) is 1.13. The van der Waals surface area contributed by atoms with Gasteiger partial charge in [0.25, 0.3) is 0 Å². The smallest absolute Gasteiger partial charge is 0.326 e. The van der Waals surface area contributed by atoms with Gasteiger partial charge in [0.15, 0.2) is 0 Å². The molecule has 1 atom stereocenters. The van der Waals surface area contributed by atoms with Crippen LogP contribution >= 0.6 is 0 Å². The summed E-state index contributed by atoms with van der Waals surface area (Å²) in [7, 11) is 0. The van der Waals surface area contributed by atoms with Gasteiger partial charge < -0.3 is 21.5 Å². The van der Waals surface area contributed by atoms with Crippen LogP contribution in [0.2, 0.25) is 0 Å². The second-order valence-electron chi connectivity index (χ2n) is 4.68. The Balaban J connectivity index is 4.21. The molecular formula is C10H21N3O3. The van der Waals surface area contributed by atoms with Crippen molar-refractivity contribution in [2.75, 3.05) is 13.1 Å². The minimum absolute atomic E-state index is 0.443. The highest BCUT2D eigenvalue weighted by Gasteiger charge is 2.32. The summed E-state index contributed by atoms with van der Waals surface area (Å²) in [5.74, 6) is -1.04. The van der Waals surface area contributed by atoms with Crippen LogP contribution in [0.15, 0.2) is 0 Å². The molecule has 94 valence electrons. The number of carbonyl (C=O) groups excluding carboxylic acids is 1. The number of aliphatic carboxylic acids is 1. The van der Waals surface area contributed by atoms with Crippen LogP contribution in [0, 0.1) is 5.41 Å². The van der Waals surface area contributed by atoms with Gasteiger partial charge in [0.1, 0.15) is 6.04 Å². The number of nitrogens with two attached hydrogens (primary N) is 1. The van der Waals surface area contributed by atoms with Crippen molar-refractivity contribution in [1.29, 1.82) is 0 Å². The molecular weight excluding hydrogens is 210 g/mol. The molecule has 0 saturated heterocycles. The summed E-state index contributed by atoms with van der Waals surface area (Å²) in [6, 6.07) is -1.39. The molecule has 0 radical (unpaired) electrons. The third-order valence-corrected chi connectivity index (χ3v) is 2.05. The van der Waals surface area contributed by atoms with Crippen LogP contribution in [0.4, 0.5) is 4.79 Å². The van der Waals surface area contributed by atoms with E-state index in [2.05, 4.69) is 10.6 Å². The molecule has 16 heavy (non-hydrogen) atoms. The SMILES string of the molecule is CC(C)(C)C(NC(=O)NCCCN)C(=O)O. The average molecular weight is 231 g/mol. The van der Waals surface area contributed by atoms with Gasteiger partial charge >= 0.3 is 12.0 Å². The number of carboxylic acid groups (broad SMARTS) is 1. The normalized spacial score (nSPS) is 13.0. The first-order valence-electron chi connectivity index (χ1n) is 5.26. The van der Waals surface area contributed by atoms with Gasteiger partial charge in [0.2, 0.25) is 0 Å². The Hall–Kier alpha value is -1.30. The number of urea groups is 1. The van der Waals surface area contributed by atoms with Crippen LogP contribution in [0.5, 0.6) is 0 Å². The lowest BCUT2D eigenvalue weighted by Crippen LogP contribution is -2.52.